The fraction of sp³-hybridized carbons (Fsp3) is 0.300. The number of amides is 1. The van der Waals surface area contributed by atoms with Crippen LogP contribution in [-0.4, -0.2) is 5.91 Å². The molecule has 0 saturated carbocycles. The molecule has 0 fully saturated rings. The first kappa shape index (κ1) is 9.71. The molecule has 1 aromatic carbocycles. The van der Waals surface area contributed by atoms with Crippen LogP contribution in [0.2, 0.25) is 0 Å². The largest absolute Gasteiger partial charge is 0.369 e. The molecule has 0 aliphatic rings. The number of nitrogens with two attached hydrogens (primary N) is 1. The first-order valence-electron chi connectivity index (χ1n) is 4.07. The van der Waals surface area contributed by atoms with Crippen LogP contribution in [0.4, 0.5) is 4.39 Å². The Morgan fingerprint density at radius 3 is 2.62 bits per heavy atom. The first-order chi connectivity index (χ1) is 6.02. The number of benzene rings is 1. The summed E-state index contributed by atoms with van der Waals surface area (Å²) in [4.78, 5) is 10.9. The summed E-state index contributed by atoms with van der Waals surface area (Å²) in [5.41, 5.74) is 6.68. The van der Waals surface area contributed by atoms with Gasteiger partial charge in [0.25, 0.3) is 0 Å². The van der Waals surface area contributed by atoms with E-state index in [2.05, 4.69) is 0 Å². The van der Waals surface area contributed by atoms with E-state index in [-0.39, 0.29) is 11.7 Å². The molecule has 0 aliphatic heterocycles. The van der Waals surface area contributed by atoms with Crippen LogP contribution < -0.4 is 5.73 Å². The monoisotopic (exact) mass is 181 g/mol. The number of halogens is 1. The van der Waals surface area contributed by atoms with E-state index < -0.39 is 5.91 Å². The van der Waals surface area contributed by atoms with Crippen molar-refractivity contribution in [2.45, 2.75) is 19.8 Å². The second-order valence-electron chi connectivity index (χ2n) is 3.12. The van der Waals surface area contributed by atoms with Crippen molar-refractivity contribution in [1.29, 1.82) is 0 Å². The third-order valence-corrected chi connectivity index (χ3v) is 2.13. The molecule has 70 valence electrons. The molecule has 0 aliphatic carbocycles. The van der Waals surface area contributed by atoms with Gasteiger partial charge in [0, 0.05) is 0 Å². The van der Waals surface area contributed by atoms with Crippen LogP contribution in [0, 0.1) is 12.7 Å². The molecular formula is C10H12FNO. The highest BCUT2D eigenvalue weighted by molar-refractivity contribution is 5.81. The Morgan fingerprint density at radius 2 is 2.15 bits per heavy atom. The molecule has 0 heterocycles. The number of aryl methyl sites for hydroxylation is 1. The molecule has 2 N–H and O–H groups in total. The van der Waals surface area contributed by atoms with Crippen LogP contribution >= 0.6 is 0 Å². The van der Waals surface area contributed by atoms with Crippen molar-refractivity contribution in [1.82, 2.24) is 0 Å². The standard InChI is InChI=1S/C10H12FNO/c1-6-5-8(11)3-4-9(6)7(2)10(12)13/h3-5,7H,1-2H3,(H2,12,13). The van der Waals surface area contributed by atoms with Gasteiger partial charge < -0.3 is 5.73 Å². The van der Waals surface area contributed by atoms with Crippen LogP contribution in [0.1, 0.15) is 24.0 Å². The van der Waals surface area contributed by atoms with E-state index in [1.54, 1.807) is 19.9 Å². The number of carbonyl (C=O) groups is 1. The van der Waals surface area contributed by atoms with Crippen molar-refractivity contribution < 1.29 is 9.18 Å². The molecule has 2 nitrogen and oxygen atoms in total. The summed E-state index contributed by atoms with van der Waals surface area (Å²) in [6.07, 6.45) is 0. The fourth-order valence-electron chi connectivity index (χ4n) is 1.28. The van der Waals surface area contributed by atoms with Crippen molar-refractivity contribution in [3.05, 3.63) is 35.1 Å². The molecule has 1 aromatic rings. The third kappa shape index (κ3) is 2.05. The lowest BCUT2D eigenvalue weighted by Gasteiger charge is -2.10. The van der Waals surface area contributed by atoms with E-state index in [0.29, 0.717) is 0 Å². The van der Waals surface area contributed by atoms with E-state index in [1.807, 2.05) is 0 Å². The quantitative estimate of drug-likeness (QED) is 0.741. The van der Waals surface area contributed by atoms with Crippen LogP contribution in [0.3, 0.4) is 0 Å². The molecule has 0 spiro atoms. The zero-order valence-corrected chi connectivity index (χ0v) is 7.67. The zero-order valence-electron chi connectivity index (χ0n) is 7.67. The molecule has 13 heavy (non-hydrogen) atoms. The lowest BCUT2D eigenvalue weighted by atomic mass is 9.96. The minimum absolute atomic E-state index is 0.294. The highest BCUT2D eigenvalue weighted by atomic mass is 19.1. The lowest BCUT2D eigenvalue weighted by Crippen LogP contribution is -2.19. The normalized spacial score (nSPS) is 12.5. The Morgan fingerprint density at radius 1 is 1.54 bits per heavy atom. The minimum Gasteiger partial charge on any atom is -0.369 e. The zero-order chi connectivity index (χ0) is 10.0. The number of carbonyl (C=O) groups excluding carboxylic acids is 1. The smallest absolute Gasteiger partial charge is 0.224 e. The number of primary amides is 1. The number of rotatable bonds is 2. The van der Waals surface area contributed by atoms with Gasteiger partial charge >= 0.3 is 0 Å². The van der Waals surface area contributed by atoms with Gasteiger partial charge in [0.05, 0.1) is 5.92 Å². The molecule has 1 atom stereocenters. The van der Waals surface area contributed by atoms with Crippen molar-refractivity contribution in [2.75, 3.05) is 0 Å². The maximum Gasteiger partial charge on any atom is 0.224 e. The Balaban J connectivity index is 3.08. The topological polar surface area (TPSA) is 43.1 Å². The van der Waals surface area contributed by atoms with Gasteiger partial charge in [-0.25, -0.2) is 4.39 Å². The first-order valence-corrected chi connectivity index (χ1v) is 4.07. The summed E-state index contributed by atoms with van der Waals surface area (Å²) in [7, 11) is 0. The van der Waals surface area contributed by atoms with Gasteiger partial charge in [-0.3, -0.25) is 4.79 Å². The second kappa shape index (κ2) is 3.56. The third-order valence-electron chi connectivity index (χ3n) is 2.13. The molecular weight excluding hydrogens is 169 g/mol. The molecule has 0 bridgehead atoms. The second-order valence-corrected chi connectivity index (χ2v) is 3.12. The molecule has 0 saturated heterocycles. The molecule has 1 unspecified atom stereocenters. The summed E-state index contributed by atoms with van der Waals surface area (Å²) in [5, 5.41) is 0. The lowest BCUT2D eigenvalue weighted by molar-refractivity contribution is -0.119. The van der Waals surface area contributed by atoms with Crippen molar-refractivity contribution in [3.8, 4) is 0 Å². The van der Waals surface area contributed by atoms with Gasteiger partial charge in [0.1, 0.15) is 5.82 Å². The SMILES string of the molecule is Cc1cc(F)ccc1C(C)C(N)=O. The van der Waals surface area contributed by atoms with Gasteiger partial charge in [-0.15, -0.1) is 0 Å². The average molecular weight is 181 g/mol. The average Bonchev–Trinajstić information content (AvgIpc) is 2.03. The Labute approximate surface area is 76.6 Å². The maximum atomic E-state index is 12.7. The molecule has 1 amide bonds. The van der Waals surface area contributed by atoms with Gasteiger partial charge in [-0.05, 0) is 37.1 Å². The van der Waals surface area contributed by atoms with E-state index >= 15 is 0 Å². The van der Waals surface area contributed by atoms with Crippen LogP contribution in [-0.2, 0) is 4.79 Å². The van der Waals surface area contributed by atoms with Crippen molar-refractivity contribution in [3.63, 3.8) is 0 Å². The predicted molar refractivity (Wildman–Crippen MR) is 48.7 cm³/mol. The van der Waals surface area contributed by atoms with Gasteiger partial charge in [0.2, 0.25) is 5.91 Å². The maximum absolute atomic E-state index is 12.7. The minimum atomic E-state index is -0.394. The van der Waals surface area contributed by atoms with Crippen molar-refractivity contribution >= 4 is 5.91 Å². The van der Waals surface area contributed by atoms with Crippen molar-refractivity contribution in [2.24, 2.45) is 5.73 Å². The molecule has 0 radical (unpaired) electrons. The number of hydrogen-bond acceptors (Lipinski definition) is 1. The van der Waals surface area contributed by atoms with E-state index in [4.69, 9.17) is 5.73 Å². The summed E-state index contributed by atoms with van der Waals surface area (Å²) in [6.45, 7) is 3.47. The summed E-state index contributed by atoms with van der Waals surface area (Å²) >= 11 is 0. The van der Waals surface area contributed by atoms with E-state index in [0.717, 1.165) is 11.1 Å². The van der Waals surface area contributed by atoms with Crippen LogP contribution in [0.25, 0.3) is 0 Å². The fourth-order valence-corrected chi connectivity index (χ4v) is 1.28. The Hall–Kier alpha value is -1.38. The summed E-state index contributed by atoms with van der Waals surface area (Å²) in [6, 6.07) is 4.33. The molecule has 0 aromatic heterocycles. The summed E-state index contributed by atoms with van der Waals surface area (Å²) in [5.74, 6) is -1.05. The highest BCUT2D eigenvalue weighted by Crippen LogP contribution is 2.19. The van der Waals surface area contributed by atoms with Crippen LogP contribution in [0.15, 0.2) is 18.2 Å². The molecule has 1 rings (SSSR count). The van der Waals surface area contributed by atoms with Crippen LogP contribution in [0.5, 0.6) is 0 Å². The summed E-state index contributed by atoms with van der Waals surface area (Å²) < 4.78 is 12.7. The Kier molecular flexibility index (Phi) is 2.66. The number of hydrogen-bond donors (Lipinski definition) is 1. The van der Waals surface area contributed by atoms with Gasteiger partial charge in [0.15, 0.2) is 0 Å². The van der Waals surface area contributed by atoms with E-state index in [9.17, 15) is 9.18 Å². The molecule has 3 heteroatoms. The Bertz CT molecular complexity index is 336. The van der Waals surface area contributed by atoms with Gasteiger partial charge in [-0.1, -0.05) is 6.07 Å². The van der Waals surface area contributed by atoms with Gasteiger partial charge in [-0.2, -0.15) is 0 Å². The highest BCUT2D eigenvalue weighted by Gasteiger charge is 2.13. The predicted octanol–water partition coefficient (Wildman–Crippen LogP) is 1.72. The van der Waals surface area contributed by atoms with E-state index in [1.165, 1.54) is 12.1 Å².